The molecule has 0 aromatic heterocycles. The molecule has 1 heterocycles. The topological polar surface area (TPSA) is 41.5 Å². The molecule has 0 radical (unpaired) electrons. The van der Waals surface area contributed by atoms with Gasteiger partial charge in [0.1, 0.15) is 0 Å². The Morgan fingerprint density at radius 2 is 1.76 bits per heavy atom. The first-order valence-electron chi connectivity index (χ1n) is 6.94. The van der Waals surface area contributed by atoms with E-state index < -0.39 is 0 Å². The maximum absolute atomic E-state index is 10.0. The van der Waals surface area contributed by atoms with Gasteiger partial charge in [-0.2, -0.15) is 0 Å². The summed E-state index contributed by atoms with van der Waals surface area (Å²) in [6.07, 6.45) is 5.26. The van der Waals surface area contributed by atoms with Crippen LogP contribution in [0.1, 0.15) is 59.8 Å². The van der Waals surface area contributed by atoms with E-state index in [9.17, 15) is 5.11 Å². The summed E-state index contributed by atoms with van der Waals surface area (Å²) in [4.78, 5) is 0. The van der Waals surface area contributed by atoms with Gasteiger partial charge >= 0.3 is 0 Å². The maximum Gasteiger partial charge on any atom is 0.0787 e. The van der Waals surface area contributed by atoms with Crippen LogP contribution in [0.4, 0.5) is 0 Å². The summed E-state index contributed by atoms with van der Waals surface area (Å²) in [6.45, 7) is 8.59. The van der Waals surface area contributed by atoms with Gasteiger partial charge in [0.05, 0.1) is 17.3 Å². The van der Waals surface area contributed by atoms with Crippen molar-refractivity contribution in [1.82, 2.24) is 5.32 Å². The molecule has 0 aromatic rings. The van der Waals surface area contributed by atoms with Crippen LogP contribution in [0.3, 0.4) is 0 Å². The van der Waals surface area contributed by atoms with Gasteiger partial charge in [0.15, 0.2) is 0 Å². The fourth-order valence-corrected chi connectivity index (χ4v) is 3.39. The minimum Gasteiger partial charge on any atom is -0.392 e. The number of hydrogen-bond donors (Lipinski definition) is 2. The highest BCUT2D eigenvalue weighted by Crippen LogP contribution is 2.38. The van der Waals surface area contributed by atoms with E-state index in [1.807, 2.05) is 0 Å². The molecule has 0 aromatic carbocycles. The first-order chi connectivity index (χ1) is 7.80. The second kappa shape index (κ2) is 4.52. The Morgan fingerprint density at radius 3 is 2.29 bits per heavy atom. The molecule has 2 aliphatic rings. The second-order valence-electron chi connectivity index (χ2n) is 6.85. The van der Waals surface area contributed by atoms with Crippen molar-refractivity contribution in [2.75, 3.05) is 0 Å². The Kier molecular flexibility index (Phi) is 3.54. The SMILES string of the molecule is CC1(C)CC(NC2CCCCC2O)C(C)(C)O1. The quantitative estimate of drug-likeness (QED) is 0.779. The van der Waals surface area contributed by atoms with Crippen molar-refractivity contribution in [2.45, 2.75) is 89.2 Å². The van der Waals surface area contributed by atoms with Crippen LogP contribution < -0.4 is 5.32 Å². The molecule has 1 saturated heterocycles. The van der Waals surface area contributed by atoms with Crippen LogP contribution in [0.25, 0.3) is 0 Å². The Hall–Kier alpha value is -0.120. The zero-order valence-electron chi connectivity index (χ0n) is 11.6. The molecule has 0 spiro atoms. The maximum atomic E-state index is 10.0. The van der Waals surface area contributed by atoms with Crippen LogP contribution in [0.15, 0.2) is 0 Å². The molecule has 2 fully saturated rings. The summed E-state index contributed by atoms with van der Waals surface area (Å²) in [5.74, 6) is 0. The third-order valence-corrected chi connectivity index (χ3v) is 4.22. The monoisotopic (exact) mass is 241 g/mol. The zero-order chi connectivity index (χ0) is 12.7. The Labute approximate surface area is 105 Å². The number of aliphatic hydroxyl groups is 1. The van der Waals surface area contributed by atoms with Gasteiger partial charge < -0.3 is 15.2 Å². The zero-order valence-corrected chi connectivity index (χ0v) is 11.6. The van der Waals surface area contributed by atoms with Crippen LogP contribution in [0.5, 0.6) is 0 Å². The Morgan fingerprint density at radius 1 is 1.12 bits per heavy atom. The molecule has 3 heteroatoms. The van der Waals surface area contributed by atoms with Crippen LogP contribution in [-0.4, -0.2) is 34.5 Å². The highest BCUT2D eigenvalue weighted by molar-refractivity contribution is 5.01. The predicted octanol–water partition coefficient (Wildman–Crippen LogP) is 2.23. The van der Waals surface area contributed by atoms with Gasteiger partial charge in [-0.15, -0.1) is 0 Å². The summed E-state index contributed by atoms with van der Waals surface area (Å²) in [6, 6.07) is 0.598. The van der Waals surface area contributed by atoms with Gasteiger partial charge in [-0.05, 0) is 47.0 Å². The standard InChI is InChI=1S/C14H27NO2/c1-13(2)9-12(14(3,4)17-13)15-10-7-5-6-8-11(10)16/h10-12,15-16H,5-9H2,1-4H3. The highest BCUT2D eigenvalue weighted by atomic mass is 16.5. The van der Waals surface area contributed by atoms with Crippen LogP contribution in [0.2, 0.25) is 0 Å². The lowest BCUT2D eigenvalue weighted by atomic mass is 9.88. The number of rotatable bonds is 2. The lowest BCUT2D eigenvalue weighted by molar-refractivity contribution is -0.0718. The van der Waals surface area contributed by atoms with Gasteiger partial charge in [0, 0.05) is 12.1 Å². The van der Waals surface area contributed by atoms with E-state index in [-0.39, 0.29) is 23.3 Å². The van der Waals surface area contributed by atoms with Crippen LogP contribution in [0, 0.1) is 0 Å². The minimum absolute atomic E-state index is 0.0548. The second-order valence-corrected chi connectivity index (χ2v) is 6.85. The van der Waals surface area contributed by atoms with E-state index in [1.54, 1.807) is 0 Å². The van der Waals surface area contributed by atoms with Crippen LogP contribution in [-0.2, 0) is 4.74 Å². The molecule has 2 rings (SSSR count). The molecule has 1 aliphatic carbocycles. The molecule has 2 N–H and O–H groups in total. The van der Waals surface area contributed by atoms with Crippen LogP contribution >= 0.6 is 0 Å². The van der Waals surface area contributed by atoms with Crippen molar-refractivity contribution in [3.05, 3.63) is 0 Å². The average molecular weight is 241 g/mol. The number of hydrogen-bond acceptors (Lipinski definition) is 3. The van der Waals surface area contributed by atoms with Crippen molar-refractivity contribution >= 4 is 0 Å². The lowest BCUT2D eigenvalue weighted by Crippen LogP contribution is -2.52. The summed E-state index contributed by atoms with van der Waals surface area (Å²) in [5, 5.41) is 13.7. The molecule has 3 unspecified atom stereocenters. The molecule has 1 saturated carbocycles. The Balaban J connectivity index is 1.98. The van der Waals surface area contributed by atoms with Crippen molar-refractivity contribution in [3.63, 3.8) is 0 Å². The van der Waals surface area contributed by atoms with E-state index in [0.29, 0.717) is 6.04 Å². The van der Waals surface area contributed by atoms with Crippen molar-refractivity contribution < 1.29 is 9.84 Å². The van der Waals surface area contributed by atoms with Gasteiger partial charge in [0.25, 0.3) is 0 Å². The summed E-state index contributed by atoms with van der Waals surface area (Å²) in [5.41, 5.74) is -0.193. The first kappa shape index (κ1) is 13.3. The number of nitrogens with one attached hydrogen (secondary N) is 1. The minimum atomic E-state index is -0.178. The molecule has 3 atom stereocenters. The van der Waals surface area contributed by atoms with Crippen molar-refractivity contribution in [3.8, 4) is 0 Å². The van der Waals surface area contributed by atoms with Gasteiger partial charge in [0.2, 0.25) is 0 Å². The summed E-state index contributed by atoms with van der Waals surface area (Å²) >= 11 is 0. The predicted molar refractivity (Wildman–Crippen MR) is 69.0 cm³/mol. The molecule has 17 heavy (non-hydrogen) atoms. The highest BCUT2D eigenvalue weighted by Gasteiger charge is 2.46. The number of aliphatic hydroxyl groups excluding tert-OH is 1. The van der Waals surface area contributed by atoms with E-state index in [4.69, 9.17) is 4.74 Å². The molecule has 1 aliphatic heterocycles. The van der Waals surface area contributed by atoms with Crippen molar-refractivity contribution in [1.29, 1.82) is 0 Å². The van der Waals surface area contributed by atoms with Gasteiger partial charge in [-0.3, -0.25) is 0 Å². The molecular weight excluding hydrogens is 214 g/mol. The van der Waals surface area contributed by atoms with E-state index in [0.717, 1.165) is 25.7 Å². The largest absolute Gasteiger partial charge is 0.392 e. The van der Waals surface area contributed by atoms with E-state index >= 15 is 0 Å². The number of ether oxygens (including phenoxy) is 1. The lowest BCUT2D eigenvalue weighted by Gasteiger charge is -2.35. The van der Waals surface area contributed by atoms with E-state index in [2.05, 4.69) is 33.0 Å². The third kappa shape index (κ3) is 3.01. The molecule has 100 valence electrons. The smallest absolute Gasteiger partial charge is 0.0787 e. The van der Waals surface area contributed by atoms with Crippen molar-refractivity contribution in [2.24, 2.45) is 0 Å². The normalized spacial score (nSPS) is 40.4. The van der Waals surface area contributed by atoms with Gasteiger partial charge in [-0.25, -0.2) is 0 Å². The average Bonchev–Trinajstić information content (AvgIpc) is 2.38. The van der Waals surface area contributed by atoms with Gasteiger partial charge in [-0.1, -0.05) is 12.8 Å². The Bertz CT molecular complexity index is 275. The molecular formula is C14H27NO2. The summed E-state index contributed by atoms with van der Waals surface area (Å²) < 4.78 is 6.08. The fraction of sp³-hybridized carbons (Fsp3) is 1.00. The first-order valence-corrected chi connectivity index (χ1v) is 6.94. The molecule has 0 bridgehead atoms. The third-order valence-electron chi connectivity index (χ3n) is 4.22. The molecule has 3 nitrogen and oxygen atoms in total. The summed E-state index contributed by atoms with van der Waals surface area (Å²) in [7, 11) is 0. The van der Waals surface area contributed by atoms with E-state index in [1.165, 1.54) is 6.42 Å². The fourth-order valence-electron chi connectivity index (χ4n) is 3.39. The molecule has 0 amide bonds.